The Bertz CT molecular complexity index is 585. The lowest BCUT2D eigenvalue weighted by atomic mass is 10.3. The van der Waals surface area contributed by atoms with Crippen molar-refractivity contribution in [3.63, 3.8) is 0 Å². The molecule has 0 radical (unpaired) electrons. The summed E-state index contributed by atoms with van der Waals surface area (Å²) in [4.78, 5) is 11.4. The number of amides is 1. The van der Waals surface area contributed by atoms with E-state index >= 15 is 0 Å². The van der Waals surface area contributed by atoms with Crippen molar-refractivity contribution >= 4 is 17.5 Å². The van der Waals surface area contributed by atoms with Gasteiger partial charge in [0, 0.05) is 12.3 Å². The summed E-state index contributed by atoms with van der Waals surface area (Å²) in [5, 5.41) is 14.2. The van der Waals surface area contributed by atoms with Crippen LogP contribution in [0.3, 0.4) is 0 Å². The van der Waals surface area contributed by atoms with E-state index in [0.717, 1.165) is 11.4 Å². The van der Waals surface area contributed by atoms with Crippen LogP contribution in [0.15, 0.2) is 24.3 Å². The zero-order valence-corrected chi connectivity index (χ0v) is 12.4. The first-order valence-corrected chi connectivity index (χ1v) is 7.11. The van der Waals surface area contributed by atoms with E-state index in [1.165, 1.54) is 0 Å². The van der Waals surface area contributed by atoms with Gasteiger partial charge in [-0.05, 0) is 41.6 Å². The van der Waals surface area contributed by atoms with Gasteiger partial charge in [0.25, 0.3) is 0 Å². The van der Waals surface area contributed by atoms with Crippen LogP contribution in [0.2, 0.25) is 0 Å². The topological polar surface area (TPSA) is 81.9 Å². The normalized spacial score (nSPS) is 10.4. The van der Waals surface area contributed by atoms with E-state index in [2.05, 4.69) is 20.8 Å². The Morgan fingerprint density at radius 3 is 2.81 bits per heavy atom. The van der Waals surface area contributed by atoms with Crippen LogP contribution in [0.5, 0.6) is 5.75 Å². The SMILES string of the molecule is CCOc1ccc(-n2nnnc2CNC(=O)CCCl)cc1. The summed E-state index contributed by atoms with van der Waals surface area (Å²) < 4.78 is 6.95. The molecule has 112 valence electrons. The first-order chi connectivity index (χ1) is 10.2. The summed E-state index contributed by atoms with van der Waals surface area (Å²) in [6.45, 7) is 2.79. The molecule has 7 nitrogen and oxygen atoms in total. The Morgan fingerprint density at radius 2 is 2.14 bits per heavy atom. The number of hydrogen-bond donors (Lipinski definition) is 1. The van der Waals surface area contributed by atoms with Crippen molar-refractivity contribution < 1.29 is 9.53 Å². The number of hydrogen-bond acceptors (Lipinski definition) is 5. The molecule has 1 aromatic carbocycles. The van der Waals surface area contributed by atoms with E-state index in [9.17, 15) is 4.79 Å². The van der Waals surface area contributed by atoms with Gasteiger partial charge in [-0.2, -0.15) is 4.68 Å². The zero-order valence-electron chi connectivity index (χ0n) is 11.6. The van der Waals surface area contributed by atoms with Gasteiger partial charge in [0.2, 0.25) is 5.91 Å². The number of halogens is 1. The highest BCUT2D eigenvalue weighted by Crippen LogP contribution is 2.15. The highest BCUT2D eigenvalue weighted by atomic mass is 35.5. The molecule has 8 heteroatoms. The Labute approximate surface area is 127 Å². The van der Waals surface area contributed by atoms with Crippen molar-refractivity contribution in [3.05, 3.63) is 30.1 Å². The molecule has 1 heterocycles. The van der Waals surface area contributed by atoms with Crippen LogP contribution in [0, 0.1) is 0 Å². The molecule has 0 unspecified atom stereocenters. The number of carbonyl (C=O) groups is 1. The second-order valence-electron chi connectivity index (χ2n) is 4.15. The lowest BCUT2D eigenvalue weighted by Crippen LogP contribution is -2.24. The summed E-state index contributed by atoms with van der Waals surface area (Å²) >= 11 is 5.51. The van der Waals surface area contributed by atoms with Crippen molar-refractivity contribution in [3.8, 4) is 11.4 Å². The smallest absolute Gasteiger partial charge is 0.221 e. The largest absolute Gasteiger partial charge is 0.494 e. The average molecular weight is 310 g/mol. The average Bonchev–Trinajstić information content (AvgIpc) is 2.95. The maximum atomic E-state index is 11.4. The van der Waals surface area contributed by atoms with Crippen LogP contribution < -0.4 is 10.1 Å². The Balaban J connectivity index is 2.07. The van der Waals surface area contributed by atoms with E-state index in [1.807, 2.05) is 31.2 Å². The first-order valence-electron chi connectivity index (χ1n) is 6.57. The van der Waals surface area contributed by atoms with Crippen LogP contribution in [0.1, 0.15) is 19.2 Å². The van der Waals surface area contributed by atoms with E-state index in [1.54, 1.807) is 4.68 Å². The van der Waals surface area contributed by atoms with Crippen molar-refractivity contribution in [2.45, 2.75) is 19.9 Å². The number of nitrogens with zero attached hydrogens (tertiary/aromatic N) is 4. The minimum absolute atomic E-state index is 0.133. The van der Waals surface area contributed by atoms with Crippen molar-refractivity contribution in [1.82, 2.24) is 25.5 Å². The number of alkyl halides is 1. The summed E-state index contributed by atoms with van der Waals surface area (Å²) in [7, 11) is 0. The van der Waals surface area contributed by atoms with Crippen LogP contribution >= 0.6 is 11.6 Å². The number of nitrogens with one attached hydrogen (secondary N) is 1. The predicted octanol–water partition coefficient (Wildman–Crippen LogP) is 1.31. The lowest BCUT2D eigenvalue weighted by Gasteiger charge is -2.07. The number of aromatic nitrogens is 4. The minimum Gasteiger partial charge on any atom is -0.494 e. The summed E-state index contributed by atoms with van der Waals surface area (Å²) in [5.74, 6) is 1.48. The van der Waals surface area contributed by atoms with Crippen LogP contribution in [-0.4, -0.2) is 38.6 Å². The summed E-state index contributed by atoms with van der Waals surface area (Å²) in [6.07, 6.45) is 0.270. The summed E-state index contributed by atoms with van der Waals surface area (Å²) in [6, 6.07) is 7.39. The molecule has 2 aromatic rings. The number of benzene rings is 1. The van der Waals surface area contributed by atoms with Gasteiger partial charge >= 0.3 is 0 Å². The first kappa shape index (κ1) is 15.2. The van der Waals surface area contributed by atoms with Crippen LogP contribution in [-0.2, 0) is 11.3 Å². The fraction of sp³-hybridized carbons (Fsp3) is 0.385. The van der Waals surface area contributed by atoms with Gasteiger partial charge < -0.3 is 10.1 Å². The fourth-order valence-corrected chi connectivity index (χ4v) is 1.89. The third kappa shape index (κ3) is 4.16. The van der Waals surface area contributed by atoms with E-state index < -0.39 is 0 Å². The zero-order chi connectivity index (χ0) is 15.1. The standard InChI is InChI=1S/C13H16ClN5O2/c1-2-21-11-5-3-10(4-6-11)19-12(16-17-18-19)9-15-13(20)7-8-14/h3-6H,2,7-9H2,1H3,(H,15,20). The third-order valence-electron chi connectivity index (χ3n) is 2.69. The van der Waals surface area contributed by atoms with Crippen molar-refractivity contribution in [2.75, 3.05) is 12.5 Å². The second kappa shape index (κ2) is 7.58. The maximum absolute atomic E-state index is 11.4. The maximum Gasteiger partial charge on any atom is 0.221 e. The van der Waals surface area contributed by atoms with Crippen LogP contribution in [0.25, 0.3) is 5.69 Å². The van der Waals surface area contributed by atoms with Crippen LogP contribution in [0.4, 0.5) is 0 Å². The van der Waals surface area contributed by atoms with Gasteiger partial charge in [0.05, 0.1) is 18.8 Å². The number of tetrazole rings is 1. The van der Waals surface area contributed by atoms with Gasteiger partial charge in [0.15, 0.2) is 5.82 Å². The Hall–Kier alpha value is -2.15. The highest BCUT2D eigenvalue weighted by Gasteiger charge is 2.09. The highest BCUT2D eigenvalue weighted by molar-refractivity contribution is 6.18. The molecule has 0 saturated carbocycles. The minimum atomic E-state index is -0.133. The quantitative estimate of drug-likeness (QED) is 0.780. The molecule has 21 heavy (non-hydrogen) atoms. The fourth-order valence-electron chi connectivity index (χ4n) is 1.72. The summed E-state index contributed by atoms with van der Waals surface area (Å²) in [5.41, 5.74) is 0.796. The van der Waals surface area contributed by atoms with Gasteiger partial charge in [0.1, 0.15) is 5.75 Å². The number of carbonyl (C=O) groups excluding carboxylic acids is 1. The van der Waals surface area contributed by atoms with Gasteiger partial charge in [-0.15, -0.1) is 16.7 Å². The van der Waals surface area contributed by atoms with E-state index in [-0.39, 0.29) is 24.8 Å². The molecule has 2 rings (SSSR count). The van der Waals surface area contributed by atoms with Crippen molar-refractivity contribution in [1.29, 1.82) is 0 Å². The molecule has 0 fully saturated rings. The molecule has 0 aliphatic heterocycles. The number of ether oxygens (including phenoxy) is 1. The monoisotopic (exact) mass is 309 g/mol. The van der Waals surface area contributed by atoms with Gasteiger partial charge in [-0.25, -0.2) is 0 Å². The molecule has 0 spiro atoms. The Kier molecular flexibility index (Phi) is 5.51. The molecular weight excluding hydrogens is 294 g/mol. The lowest BCUT2D eigenvalue weighted by molar-refractivity contribution is -0.120. The van der Waals surface area contributed by atoms with E-state index in [0.29, 0.717) is 12.4 Å². The molecule has 0 saturated heterocycles. The van der Waals surface area contributed by atoms with E-state index in [4.69, 9.17) is 16.3 Å². The molecule has 1 amide bonds. The van der Waals surface area contributed by atoms with Crippen molar-refractivity contribution in [2.24, 2.45) is 0 Å². The van der Waals surface area contributed by atoms with Gasteiger partial charge in [-0.3, -0.25) is 4.79 Å². The number of rotatable bonds is 7. The predicted molar refractivity (Wildman–Crippen MR) is 77.5 cm³/mol. The molecule has 0 bridgehead atoms. The Morgan fingerprint density at radius 1 is 1.38 bits per heavy atom. The molecular formula is C13H16ClN5O2. The molecule has 1 aromatic heterocycles. The molecule has 0 atom stereocenters. The molecule has 0 aliphatic carbocycles. The molecule has 1 N–H and O–H groups in total. The second-order valence-corrected chi connectivity index (χ2v) is 4.53. The molecule has 0 aliphatic rings. The third-order valence-corrected chi connectivity index (χ3v) is 2.88. The van der Waals surface area contributed by atoms with Gasteiger partial charge in [-0.1, -0.05) is 0 Å².